The first-order valence-corrected chi connectivity index (χ1v) is 10.0. The SMILES string of the molecule is NC(CC(=O)O)C(=O)NC(CCC(=O)O)C(=O)NC(CS)C(=O)N1CCCC1C(=O)O. The van der Waals surface area contributed by atoms with Crippen LogP contribution in [0.15, 0.2) is 0 Å². The molecule has 0 saturated carbocycles. The number of carbonyl (C=O) groups is 6. The number of likely N-dealkylation sites (tertiary alicyclic amines) is 1. The van der Waals surface area contributed by atoms with Crippen LogP contribution in [0.3, 0.4) is 0 Å². The van der Waals surface area contributed by atoms with Crippen LogP contribution < -0.4 is 16.4 Å². The van der Waals surface area contributed by atoms with E-state index in [1.807, 2.05) is 0 Å². The molecular formula is C17H26N4O9S. The van der Waals surface area contributed by atoms with Gasteiger partial charge in [0.2, 0.25) is 17.7 Å². The summed E-state index contributed by atoms with van der Waals surface area (Å²) in [5, 5.41) is 31.4. The number of nitrogens with zero attached hydrogens (tertiary/aromatic N) is 1. The molecule has 0 aromatic rings. The maximum atomic E-state index is 12.7. The van der Waals surface area contributed by atoms with Crippen LogP contribution in [-0.4, -0.2) is 92.3 Å². The minimum atomic E-state index is -1.47. The van der Waals surface area contributed by atoms with E-state index in [-0.39, 0.29) is 25.1 Å². The number of carboxylic acid groups (broad SMARTS) is 3. The van der Waals surface area contributed by atoms with Gasteiger partial charge in [-0.25, -0.2) is 4.79 Å². The number of rotatable bonds is 12. The quantitative estimate of drug-likeness (QED) is 0.153. The van der Waals surface area contributed by atoms with Gasteiger partial charge in [0.15, 0.2) is 0 Å². The van der Waals surface area contributed by atoms with E-state index in [4.69, 9.17) is 15.9 Å². The summed E-state index contributed by atoms with van der Waals surface area (Å²) in [6.45, 7) is 0.194. The Balaban J connectivity index is 2.89. The number of hydrogen-bond donors (Lipinski definition) is 7. The van der Waals surface area contributed by atoms with Crippen molar-refractivity contribution in [3.8, 4) is 0 Å². The Labute approximate surface area is 182 Å². The minimum Gasteiger partial charge on any atom is -0.481 e. The molecule has 1 aliphatic rings. The summed E-state index contributed by atoms with van der Waals surface area (Å²) in [5.41, 5.74) is 5.46. The third kappa shape index (κ3) is 8.05. The smallest absolute Gasteiger partial charge is 0.326 e. The Bertz CT molecular complexity index is 732. The van der Waals surface area contributed by atoms with Gasteiger partial charge in [0.1, 0.15) is 18.1 Å². The molecule has 0 spiro atoms. The van der Waals surface area contributed by atoms with Gasteiger partial charge in [0.05, 0.1) is 12.5 Å². The standard InChI is InChI=1S/C17H26N4O9S/c18-8(6-13(24)25)14(26)19-9(3-4-12(22)23)15(27)20-10(7-31)16(28)21-5-1-2-11(21)17(29)30/h8-11,31H,1-7,18H2,(H,19,26)(H,20,27)(H,22,23)(H,24,25)(H,29,30). The van der Waals surface area contributed by atoms with Gasteiger partial charge in [-0.2, -0.15) is 12.6 Å². The summed E-state index contributed by atoms with van der Waals surface area (Å²) >= 11 is 4.02. The Morgan fingerprint density at radius 2 is 1.61 bits per heavy atom. The van der Waals surface area contributed by atoms with Gasteiger partial charge < -0.3 is 36.6 Å². The second kappa shape index (κ2) is 12.1. The molecule has 0 aromatic heterocycles. The van der Waals surface area contributed by atoms with Crippen molar-refractivity contribution in [1.82, 2.24) is 15.5 Å². The van der Waals surface area contributed by atoms with Crippen molar-refractivity contribution < 1.29 is 44.1 Å². The van der Waals surface area contributed by atoms with Gasteiger partial charge in [-0.3, -0.25) is 24.0 Å². The lowest BCUT2D eigenvalue weighted by Gasteiger charge is -2.28. The van der Waals surface area contributed by atoms with Gasteiger partial charge in [0.25, 0.3) is 0 Å². The fraction of sp³-hybridized carbons (Fsp3) is 0.647. The average Bonchev–Trinajstić information content (AvgIpc) is 3.17. The third-order valence-corrected chi connectivity index (χ3v) is 4.99. The van der Waals surface area contributed by atoms with Crippen molar-refractivity contribution >= 4 is 48.3 Å². The third-order valence-electron chi connectivity index (χ3n) is 4.63. The van der Waals surface area contributed by atoms with Gasteiger partial charge in [-0.05, 0) is 19.3 Å². The largest absolute Gasteiger partial charge is 0.481 e. The molecule has 1 heterocycles. The monoisotopic (exact) mass is 462 g/mol. The maximum absolute atomic E-state index is 12.7. The molecule has 0 aliphatic carbocycles. The molecule has 31 heavy (non-hydrogen) atoms. The zero-order valence-electron chi connectivity index (χ0n) is 16.5. The molecule has 0 bridgehead atoms. The molecule has 7 N–H and O–H groups in total. The highest BCUT2D eigenvalue weighted by atomic mass is 32.1. The molecule has 14 heteroatoms. The lowest BCUT2D eigenvalue weighted by Crippen LogP contribution is -2.57. The Kier molecular flexibility index (Phi) is 10.2. The van der Waals surface area contributed by atoms with Crippen molar-refractivity contribution in [3.63, 3.8) is 0 Å². The van der Waals surface area contributed by atoms with Crippen LogP contribution in [0.25, 0.3) is 0 Å². The summed E-state index contributed by atoms with van der Waals surface area (Å²) in [4.78, 5) is 71.4. The normalized spacial score (nSPS) is 18.5. The summed E-state index contributed by atoms with van der Waals surface area (Å²) in [6.07, 6.45) is -0.801. The van der Waals surface area contributed by atoms with Crippen LogP contribution in [0.5, 0.6) is 0 Å². The number of carboxylic acids is 3. The molecule has 1 rings (SSSR count). The molecule has 0 radical (unpaired) electrons. The van der Waals surface area contributed by atoms with E-state index in [0.29, 0.717) is 6.42 Å². The number of nitrogens with one attached hydrogen (secondary N) is 2. The maximum Gasteiger partial charge on any atom is 0.326 e. The first-order valence-electron chi connectivity index (χ1n) is 9.42. The summed E-state index contributed by atoms with van der Waals surface area (Å²) in [6, 6.07) is -5.12. The second-order valence-electron chi connectivity index (χ2n) is 6.97. The Morgan fingerprint density at radius 1 is 1.00 bits per heavy atom. The van der Waals surface area contributed by atoms with E-state index in [0.717, 1.165) is 4.90 Å². The minimum absolute atomic E-state index is 0.175. The van der Waals surface area contributed by atoms with E-state index in [9.17, 15) is 33.9 Å². The highest BCUT2D eigenvalue weighted by molar-refractivity contribution is 7.80. The number of thiol groups is 1. The lowest BCUT2D eigenvalue weighted by atomic mass is 10.1. The molecule has 0 aromatic carbocycles. The highest BCUT2D eigenvalue weighted by Crippen LogP contribution is 2.19. The summed E-state index contributed by atoms with van der Waals surface area (Å²) in [5.74, 6) is -6.49. The van der Waals surface area contributed by atoms with E-state index >= 15 is 0 Å². The van der Waals surface area contributed by atoms with Crippen LogP contribution in [0, 0.1) is 0 Å². The molecule has 4 unspecified atom stereocenters. The van der Waals surface area contributed by atoms with Crippen molar-refractivity contribution in [2.24, 2.45) is 5.73 Å². The van der Waals surface area contributed by atoms with Crippen molar-refractivity contribution in [2.75, 3.05) is 12.3 Å². The van der Waals surface area contributed by atoms with E-state index in [1.54, 1.807) is 0 Å². The van der Waals surface area contributed by atoms with E-state index < -0.39 is 72.6 Å². The second-order valence-corrected chi connectivity index (χ2v) is 7.33. The van der Waals surface area contributed by atoms with Crippen molar-refractivity contribution in [1.29, 1.82) is 0 Å². The molecule has 1 saturated heterocycles. The predicted molar refractivity (Wildman–Crippen MR) is 107 cm³/mol. The Hall–Kier alpha value is -2.87. The number of carbonyl (C=O) groups excluding carboxylic acids is 3. The van der Waals surface area contributed by atoms with Crippen LogP contribution >= 0.6 is 12.6 Å². The van der Waals surface area contributed by atoms with Gasteiger partial charge in [0, 0.05) is 18.7 Å². The average molecular weight is 462 g/mol. The fourth-order valence-electron chi connectivity index (χ4n) is 3.04. The molecular weight excluding hydrogens is 436 g/mol. The first kappa shape index (κ1) is 26.2. The number of hydrogen-bond acceptors (Lipinski definition) is 8. The highest BCUT2D eigenvalue weighted by Gasteiger charge is 2.38. The van der Waals surface area contributed by atoms with Gasteiger partial charge >= 0.3 is 17.9 Å². The zero-order valence-corrected chi connectivity index (χ0v) is 17.4. The van der Waals surface area contributed by atoms with E-state index in [1.165, 1.54) is 0 Å². The van der Waals surface area contributed by atoms with Crippen LogP contribution in [-0.2, 0) is 28.8 Å². The summed E-state index contributed by atoms with van der Waals surface area (Å²) in [7, 11) is 0. The van der Waals surface area contributed by atoms with Crippen LogP contribution in [0.4, 0.5) is 0 Å². The lowest BCUT2D eigenvalue weighted by molar-refractivity contribution is -0.149. The van der Waals surface area contributed by atoms with Crippen LogP contribution in [0.1, 0.15) is 32.1 Å². The van der Waals surface area contributed by atoms with Gasteiger partial charge in [-0.1, -0.05) is 0 Å². The summed E-state index contributed by atoms with van der Waals surface area (Å²) < 4.78 is 0. The molecule has 1 aliphatic heterocycles. The number of nitrogens with two attached hydrogens (primary N) is 1. The molecule has 174 valence electrons. The molecule has 3 amide bonds. The Morgan fingerprint density at radius 3 is 2.13 bits per heavy atom. The zero-order chi connectivity index (χ0) is 23.7. The van der Waals surface area contributed by atoms with Crippen molar-refractivity contribution in [2.45, 2.75) is 56.3 Å². The van der Waals surface area contributed by atoms with E-state index in [2.05, 4.69) is 23.3 Å². The molecule has 13 nitrogen and oxygen atoms in total. The van der Waals surface area contributed by atoms with Gasteiger partial charge in [-0.15, -0.1) is 0 Å². The number of aliphatic carboxylic acids is 3. The number of amides is 3. The molecule has 4 atom stereocenters. The van der Waals surface area contributed by atoms with Crippen molar-refractivity contribution in [3.05, 3.63) is 0 Å². The predicted octanol–water partition coefficient (Wildman–Crippen LogP) is -2.37. The fourth-order valence-corrected chi connectivity index (χ4v) is 3.29. The molecule has 1 fully saturated rings. The van der Waals surface area contributed by atoms with Crippen LogP contribution in [0.2, 0.25) is 0 Å². The first-order chi connectivity index (χ1) is 14.5. The topological polar surface area (TPSA) is 216 Å².